The van der Waals surface area contributed by atoms with Gasteiger partial charge < -0.3 is 19.3 Å². The van der Waals surface area contributed by atoms with E-state index in [-0.39, 0.29) is 18.4 Å². The summed E-state index contributed by atoms with van der Waals surface area (Å²) in [6.07, 6.45) is 3.20. The second-order valence-electron chi connectivity index (χ2n) is 8.31. The van der Waals surface area contributed by atoms with Gasteiger partial charge in [0.15, 0.2) is 6.61 Å². The number of halogens is 1. The molecule has 7 nitrogen and oxygen atoms in total. The lowest BCUT2D eigenvalue weighted by atomic mass is 10.0. The van der Waals surface area contributed by atoms with Gasteiger partial charge in [0, 0.05) is 48.9 Å². The molecule has 0 N–H and O–H groups in total. The van der Waals surface area contributed by atoms with E-state index in [4.69, 9.17) is 21.1 Å². The molecule has 0 radical (unpaired) electrons. The Kier molecular flexibility index (Phi) is 8.25. The molecule has 1 aliphatic heterocycles. The topological polar surface area (TPSA) is 72.0 Å². The van der Waals surface area contributed by atoms with Gasteiger partial charge in [0.25, 0.3) is 5.91 Å². The van der Waals surface area contributed by atoms with E-state index in [2.05, 4.69) is 4.98 Å². The van der Waals surface area contributed by atoms with Gasteiger partial charge in [0.2, 0.25) is 11.8 Å². The lowest BCUT2D eigenvalue weighted by Crippen LogP contribution is -2.59. The van der Waals surface area contributed by atoms with Crippen LogP contribution in [0.2, 0.25) is 4.34 Å². The Bertz CT molecular complexity index is 1150. The summed E-state index contributed by atoms with van der Waals surface area (Å²) >= 11 is 7.28. The molecular formula is C26H28ClN3O4S. The van der Waals surface area contributed by atoms with E-state index in [1.165, 1.54) is 11.3 Å². The Morgan fingerprint density at radius 3 is 2.57 bits per heavy atom. The van der Waals surface area contributed by atoms with Crippen LogP contribution in [0.4, 0.5) is 0 Å². The van der Waals surface area contributed by atoms with Crippen molar-refractivity contribution in [3.63, 3.8) is 0 Å². The van der Waals surface area contributed by atoms with Crippen molar-refractivity contribution in [2.24, 2.45) is 0 Å². The van der Waals surface area contributed by atoms with Crippen LogP contribution in [-0.4, -0.2) is 59.4 Å². The largest absolute Gasteiger partial charge is 0.483 e. The van der Waals surface area contributed by atoms with Crippen LogP contribution in [0.3, 0.4) is 0 Å². The number of hydrogen-bond donors (Lipinski definition) is 0. The molecule has 1 atom stereocenters. The zero-order valence-electron chi connectivity index (χ0n) is 19.8. The van der Waals surface area contributed by atoms with Crippen LogP contribution < -0.4 is 9.47 Å². The molecule has 3 aromatic rings. The Hall–Kier alpha value is -3.10. The lowest BCUT2D eigenvalue weighted by Gasteiger charge is -2.40. The Labute approximate surface area is 214 Å². The molecule has 1 saturated heterocycles. The highest BCUT2D eigenvalue weighted by Gasteiger charge is 2.36. The molecule has 9 heteroatoms. The van der Waals surface area contributed by atoms with Crippen LogP contribution in [0.15, 0.2) is 54.0 Å². The minimum absolute atomic E-state index is 0.0199. The predicted octanol–water partition coefficient (Wildman–Crippen LogP) is 4.89. The molecule has 1 aromatic carbocycles. The molecule has 2 aromatic heterocycles. The molecule has 3 heterocycles. The first kappa shape index (κ1) is 25.0. The molecule has 0 saturated carbocycles. The normalized spacial score (nSPS) is 15.9. The van der Waals surface area contributed by atoms with Crippen LogP contribution >= 0.6 is 22.9 Å². The summed E-state index contributed by atoms with van der Waals surface area (Å²) in [4.78, 5) is 34.0. The van der Waals surface area contributed by atoms with E-state index < -0.39 is 6.04 Å². The van der Waals surface area contributed by atoms with Crippen LogP contribution in [-0.2, 0) is 16.1 Å². The second-order valence-corrected chi connectivity index (χ2v) is 9.86. The standard InChI is InChI=1S/C26H28ClN3O4S/c1-3-4-22-26(32)29(11-12-30(22)25(31)16-34-21-13-23(27)35-17-21)15-18-5-7-19(8-6-18)20-9-10-24(33-2)28-14-20/h5-10,13-14,17,22H,3-4,11-12,15-16H2,1-2H3. The van der Waals surface area contributed by atoms with Gasteiger partial charge in [-0.3, -0.25) is 9.59 Å². The lowest BCUT2D eigenvalue weighted by molar-refractivity contribution is -0.153. The van der Waals surface area contributed by atoms with Crippen molar-refractivity contribution in [2.45, 2.75) is 32.4 Å². The Morgan fingerprint density at radius 1 is 1.17 bits per heavy atom. The molecule has 1 fully saturated rings. The second kappa shape index (κ2) is 11.6. The third kappa shape index (κ3) is 6.13. The number of nitrogens with zero attached hydrogens (tertiary/aromatic N) is 3. The van der Waals surface area contributed by atoms with Crippen LogP contribution in [0, 0.1) is 0 Å². The molecule has 4 rings (SSSR count). The fourth-order valence-corrected chi connectivity index (χ4v) is 4.93. The average molecular weight is 514 g/mol. The van der Waals surface area contributed by atoms with Crippen molar-refractivity contribution in [1.82, 2.24) is 14.8 Å². The summed E-state index contributed by atoms with van der Waals surface area (Å²) in [5, 5.41) is 1.76. The molecule has 1 aliphatic rings. The van der Waals surface area contributed by atoms with Gasteiger partial charge in [-0.25, -0.2) is 4.98 Å². The zero-order chi connectivity index (χ0) is 24.8. The number of carbonyl (C=O) groups is 2. The maximum atomic E-state index is 13.3. The summed E-state index contributed by atoms with van der Waals surface area (Å²) in [7, 11) is 1.59. The van der Waals surface area contributed by atoms with E-state index >= 15 is 0 Å². The number of amides is 2. The van der Waals surface area contributed by atoms with Crippen molar-refractivity contribution in [3.05, 3.63) is 63.9 Å². The number of thiophene rings is 1. The predicted molar refractivity (Wildman–Crippen MR) is 137 cm³/mol. The smallest absolute Gasteiger partial charge is 0.261 e. The van der Waals surface area contributed by atoms with Gasteiger partial charge in [0.05, 0.1) is 11.4 Å². The first-order valence-electron chi connectivity index (χ1n) is 11.5. The van der Waals surface area contributed by atoms with E-state index in [1.807, 2.05) is 48.2 Å². The van der Waals surface area contributed by atoms with E-state index in [9.17, 15) is 9.59 Å². The van der Waals surface area contributed by atoms with Crippen molar-refractivity contribution < 1.29 is 19.1 Å². The number of ether oxygens (including phenoxy) is 2. The summed E-state index contributed by atoms with van der Waals surface area (Å²) in [5.41, 5.74) is 3.08. The van der Waals surface area contributed by atoms with Crippen LogP contribution in [0.5, 0.6) is 11.6 Å². The highest BCUT2D eigenvalue weighted by Crippen LogP contribution is 2.26. The van der Waals surface area contributed by atoms with Gasteiger partial charge in [0.1, 0.15) is 11.8 Å². The van der Waals surface area contributed by atoms with E-state index in [0.29, 0.717) is 42.0 Å². The zero-order valence-corrected chi connectivity index (χ0v) is 21.3. The Morgan fingerprint density at radius 2 is 1.94 bits per heavy atom. The molecule has 1 unspecified atom stereocenters. The minimum Gasteiger partial charge on any atom is -0.483 e. The fraction of sp³-hybridized carbons (Fsp3) is 0.346. The Balaban J connectivity index is 1.38. The molecule has 35 heavy (non-hydrogen) atoms. The summed E-state index contributed by atoms with van der Waals surface area (Å²) < 4.78 is 11.3. The molecule has 2 amide bonds. The number of pyridine rings is 1. The maximum Gasteiger partial charge on any atom is 0.261 e. The first-order chi connectivity index (χ1) is 17.0. The molecule has 0 bridgehead atoms. The summed E-state index contributed by atoms with van der Waals surface area (Å²) in [6, 6.07) is 13.1. The highest BCUT2D eigenvalue weighted by molar-refractivity contribution is 7.14. The van der Waals surface area contributed by atoms with Gasteiger partial charge >= 0.3 is 0 Å². The van der Waals surface area contributed by atoms with Crippen molar-refractivity contribution in [3.8, 4) is 22.8 Å². The molecule has 0 aliphatic carbocycles. The summed E-state index contributed by atoms with van der Waals surface area (Å²) in [6.45, 7) is 3.39. The number of benzene rings is 1. The van der Waals surface area contributed by atoms with Crippen molar-refractivity contribution >= 4 is 34.8 Å². The van der Waals surface area contributed by atoms with Crippen LogP contribution in [0.25, 0.3) is 11.1 Å². The summed E-state index contributed by atoms with van der Waals surface area (Å²) in [5.74, 6) is 0.939. The van der Waals surface area contributed by atoms with E-state index in [1.54, 1.807) is 29.7 Å². The minimum atomic E-state index is -0.472. The number of rotatable bonds is 9. The number of carbonyl (C=O) groups excluding carboxylic acids is 2. The quantitative estimate of drug-likeness (QED) is 0.407. The van der Waals surface area contributed by atoms with E-state index in [0.717, 1.165) is 23.1 Å². The number of piperazine rings is 1. The number of aromatic nitrogens is 1. The third-order valence-electron chi connectivity index (χ3n) is 5.98. The fourth-order valence-electron chi connectivity index (χ4n) is 4.14. The van der Waals surface area contributed by atoms with Gasteiger partial charge in [-0.1, -0.05) is 49.2 Å². The third-order valence-corrected chi connectivity index (χ3v) is 7.05. The number of methoxy groups -OCH3 is 1. The monoisotopic (exact) mass is 513 g/mol. The van der Waals surface area contributed by atoms with Gasteiger partial charge in [-0.2, -0.15) is 0 Å². The van der Waals surface area contributed by atoms with Gasteiger partial charge in [-0.15, -0.1) is 11.3 Å². The highest BCUT2D eigenvalue weighted by atomic mass is 35.5. The van der Waals surface area contributed by atoms with Crippen LogP contribution in [0.1, 0.15) is 25.3 Å². The average Bonchev–Trinajstić information content (AvgIpc) is 3.30. The number of hydrogen-bond acceptors (Lipinski definition) is 6. The van der Waals surface area contributed by atoms with Gasteiger partial charge in [-0.05, 0) is 23.6 Å². The molecular weight excluding hydrogens is 486 g/mol. The SMILES string of the molecule is CCCC1C(=O)N(Cc2ccc(-c3ccc(OC)nc3)cc2)CCN1C(=O)COc1csc(Cl)c1. The van der Waals surface area contributed by atoms with Crippen molar-refractivity contribution in [2.75, 3.05) is 26.8 Å². The maximum absolute atomic E-state index is 13.3. The molecule has 0 spiro atoms. The molecule has 184 valence electrons. The first-order valence-corrected chi connectivity index (χ1v) is 12.8. The van der Waals surface area contributed by atoms with Crippen molar-refractivity contribution in [1.29, 1.82) is 0 Å².